The molecule has 258 valence electrons. The fourth-order valence-electron chi connectivity index (χ4n) is 4.01. The summed E-state index contributed by atoms with van der Waals surface area (Å²) in [6.07, 6.45) is 6.02. The molecule has 0 spiro atoms. The van der Waals surface area contributed by atoms with Crippen LogP contribution in [0.2, 0.25) is 0 Å². The number of aryl methyl sites for hydroxylation is 1. The Kier molecular flexibility index (Phi) is 18.5. The van der Waals surface area contributed by atoms with E-state index in [1.807, 2.05) is 0 Å². The van der Waals surface area contributed by atoms with E-state index in [1.165, 1.54) is 23.6 Å². The van der Waals surface area contributed by atoms with E-state index >= 15 is 0 Å². The molecule has 2 aromatic rings. The van der Waals surface area contributed by atoms with Crippen molar-refractivity contribution in [1.82, 2.24) is 0 Å². The van der Waals surface area contributed by atoms with Gasteiger partial charge >= 0.3 is 18.5 Å². The predicted octanol–water partition coefficient (Wildman–Crippen LogP) is 12.3. The quantitative estimate of drug-likeness (QED) is 0.117. The van der Waals surface area contributed by atoms with Crippen LogP contribution in [0.4, 0.5) is 45.2 Å². The van der Waals surface area contributed by atoms with Gasteiger partial charge in [-0.15, -0.1) is 32.3 Å². The molecule has 0 aromatic heterocycles. The lowest BCUT2D eigenvalue weighted by Crippen LogP contribution is -2.24. The number of rotatable bonds is 8. The first kappa shape index (κ1) is 44.8. The van der Waals surface area contributed by atoms with Gasteiger partial charge in [0.2, 0.25) is 0 Å². The zero-order valence-electron chi connectivity index (χ0n) is 27.6. The number of halogens is 9. The Morgan fingerprint density at radius 2 is 1.23 bits per heavy atom. The van der Waals surface area contributed by atoms with Gasteiger partial charge in [0.25, 0.3) is 0 Å². The monoisotopic (exact) mass is 671 g/mol. The molecule has 0 fully saturated rings. The van der Waals surface area contributed by atoms with Gasteiger partial charge in [0.1, 0.15) is 0 Å². The molecule has 2 rings (SSSR count). The van der Waals surface area contributed by atoms with E-state index in [2.05, 4.69) is 97.2 Å². The minimum Gasteiger partial charge on any atom is -0.342 e. The van der Waals surface area contributed by atoms with Crippen molar-refractivity contribution in [2.45, 2.75) is 78.8 Å². The number of hydrogen-bond acceptors (Lipinski definition) is 1. The van der Waals surface area contributed by atoms with E-state index < -0.39 is 40.9 Å². The molecular formula is C37H42F9N. The Morgan fingerprint density at radius 1 is 0.787 bits per heavy atom. The number of nitrogens with zero attached hydrogens (tertiary/aromatic N) is 1. The van der Waals surface area contributed by atoms with Crippen molar-refractivity contribution in [2.24, 2.45) is 0 Å². The Morgan fingerprint density at radius 3 is 1.57 bits per heavy atom. The summed E-state index contributed by atoms with van der Waals surface area (Å²) < 4.78 is 118. The second-order valence-corrected chi connectivity index (χ2v) is 10.5. The van der Waals surface area contributed by atoms with Crippen molar-refractivity contribution < 1.29 is 39.5 Å². The van der Waals surface area contributed by atoms with Gasteiger partial charge in [0.05, 0.1) is 16.7 Å². The Labute approximate surface area is 273 Å². The van der Waals surface area contributed by atoms with Gasteiger partial charge in [-0.3, -0.25) is 0 Å². The highest BCUT2D eigenvalue weighted by Crippen LogP contribution is 2.39. The van der Waals surface area contributed by atoms with E-state index in [1.54, 1.807) is 0 Å². The molecule has 0 unspecified atom stereocenters. The number of allylic oxidation sites excluding steroid dienone is 6. The smallest absolute Gasteiger partial charge is 0.342 e. The Bertz CT molecular complexity index is 1360. The average molecular weight is 672 g/mol. The summed E-state index contributed by atoms with van der Waals surface area (Å²) in [7, 11) is 0. The van der Waals surface area contributed by atoms with Gasteiger partial charge < -0.3 is 4.90 Å². The third-order valence-corrected chi connectivity index (χ3v) is 6.93. The van der Waals surface area contributed by atoms with Crippen molar-refractivity contribution in [3.8, 4) is 25.7 Å². The molecule has 0 aliphatic rings. The zero-order chi connectivity index (χ0) is 37.4. The SMILES string of the molecule is C#C.C#C.C/C=C(\C)C(C)(C)c1ccc(C)cc1.C=CCN(/C(C)=C/C(=C\CC)C(F)(F)F)c1cc(C(F)(F)F)cc(C(F)(F)F)c1. The molecule has 0 saturated heterocycles. The van der Waals surface area contributed by atoms with Crippen molar-refractivity contribution in [1.29, 1.82) is 0 Å². The van der Waals surface area contributed by atoms with Gasteiger partial charge in [-0.25, -0.2) is 0 Å². The van der Waals surface area contributed by atoms with Crippen LogP contribution in [0.15, 0.2) is 90.2 Å². The fraction of sp³-hybridized carbons (Fsp3) is 0.351. The first-order valence-electron chi connectivity index (χ1n) is 14.1. The second-order valence-electron chi connectivity index (χ2n) is 10.5. The van der Waals surface area contributed by atoms with Crippen LogP contribution in [-0.4, -0.2) is 12.7 Å². The molecule has 0 N–H and O–H groups in total. The number of benzene rings is 2. The molecule has 0 atom stereocenters. The van der Waals surface area contributed by atoms with Crippen molar-refractivity contribution in [3.63, 3.8) is 0 Å². The molecule has 0 aliphatic heterocycles. The summed E-state index contributed by atoms with van der Waals surface area (Å²) in [6, 6.07) is 9.66. The number of hydrogen-bond donors (Lipinski definition) is 0. The zero-order valence-corrected chi connectivity index (χ0v) is 27.6. The maximum absolute atomic E-state index is 13.1. The third kappa shape index (κ3) is 14.3. The van der Waals surface area contributed by atoms with E-state index in [4.69, 9.17) is 0 Å². The normalized spacial score (nSPS) is 12.7. The van der Waals surface area contributed by atoms with Crippen molar-refractivity contribution in [3.05, 3.63) is 112 Å². The highest BCUT2D eigenvalue weighted by atomic mass is 19.4. The minimum absolute atomic E-state index is 0.0296. The second kappa shape index (κ2) is 19.4. The predicted molar refractivity (Wildman–Crippen MR) is 176 cm³/mol. The molecule has 2 aromatic carbocycles. The van der Waals surface area contributed by atoms with Gasteiger partial charge in [-0.1, -0.05) is 74.4 Å². The van der Waals surface area contributed by atoms with Gasteiger partial charge in [0, 0.05) is 23.3 Å². The Balaban J connectivity index is 0. The summed E-state index contributed by atoms with van der Waals surface area (Å²) in [4.78, 5) is 0.896. The lowest BCUT2D eigenvalue weighted by Gasteiger charge is -2.27. The molecule has 0 bridgehead atoms. The lowest BCUT2D eigenvalue weighted by atomic mass is 9.78. The molecule has 0 saturated carbocycles. The average Bonchev–Trinajstić information content (AvgIpc) is 3.00. The highest BCUT2D eigenvalue weighted by molar-refractivity contribution is 5.58. The van der Waals surface area contributed by atoms with Crippen LogP contribution < -0.4 is 4.90 Å². The molecule has 0 heterocycles. The van der Waals surface area contributed by atoms with E-state index in [0.717, 1.165) is 24.0 Å². The molecule has 47 heavy (non-hydrogen) atoms. The van der Waals surface area contributed by atoms with Crippen LogP contribution in [-0.2, 0) is 17.8 Å². The van der Waals surface area contributed by atoms with Crippen LogP contribution >= 0.6 is 0 Å². The van der Waals surface area contributed by atoms with Gasteiger partial charge in [0.15, 0.2) is 0 Å². The summed E-state index contributed by atoms with van der Waals surface area (Å²) in [5.74, 6) is 0. The van der Waals surface area contributed by atoms with Crippen LogP contribution in [0.1, 0.15) is 70.2 Å². The Hall–Kier alpha value is -4.31. The first-order valence-corrected chi connectivity index (χ1v) is 14.1. The maximum atomic E-state index is 13.1. The number of alkyl halides is 9. The molecular weight excluding hydrogens is 629 g/mol. The molecule has 0 aliphatic carbocycles. The standard InChI is InChI=1S/C19H18F9N.C14H20.2C2H2/c1-4-6-13(17(20,21)22)8-12(3)29(7-5-2)16-10-14(18(23,24)25)9-15(11-16)19(26,27)28;1-6-12(3)14(4,5)13-9-7-11(2)8-10-13;2*1-2/h5-6,8-11H,2,4,7H2,1,3H3;6-10H,1-5H3;2*1-2H/b12-8+,13-6+;12-6+;;. The summed E-state index contributed by atoms with van der Waals surface area (Å²) in [5, 5.41) is 0. The van der Waals surface area contributed by atoms with E-state index in [-0.39, 0.29) is 30.1 Å². The fourth-order valence-corrected chi connectivity index (χ4v) is 4.01. The first-order chi connectivity index (χ1) is 21.6. The molecule has 1 nitrogen and oxygen atoms in total. The lowest BCUT2D eigenvalue weighted by molar-refractivity contribution is -0.143. The van der Waals surface area contributed by atoms with Gasteiger partial charge in [-0.2, -0.15) is 39.5 Å². The van der Waals surface area contributed by atoms with E-state index in [9.17, 15) is 39.5 Å². The topological polar surface area (TPSA) is 3.24 Å². The molecule has 0 amide bonds. The van der Waals surface area contributed by atoms with Gasteiger partial charge in [-0.05, 0) is 64.0 Å². The summed E-state index contributed by atoms with van der Waals surface area (Å²) >= 11 is 0. The molecule has 0 radical (unpaired) electrons. The summed E-state index contributed by atoms with van der Waals surface area (Å²) in [6.45, 7) is 16.6. The largest absolute Gasteiger partial charge is 0.416 e. The number of terminal acetylenes is 2. The maximum Gasteiger partial charge on any atom is 0.416 e. The third-order valence-electron chi connectivity index (χ3n) is 6.93. The molecule has 10 heteroatoms. The highest BCUT2D eigenvalue weighted by Gasteiger charge is 2.38. The van der Waals surface area contributed by atoms with Crippen LogP contribution in [0.3, 0.4) is 0 Å². The van der Waals surface area contributed by atoms with Crippen LogP contribution in [0.25, 0.3) is 0 Å². The number of anilines is 1. The van der Waals surface area contributed by atoms with Crippen molar-refractivity contribution in [2.75, 3.05) is 11.4 Å². The van der Waals surface area contributed by atoms with Crippen LogP contribution in [0, 0.1) is 32.6 Å². The summed E-state index contributed by atoms with van der Waals surface area (Å²) in [5.41, 5.74) is -0.665. The van der Waals surface area contributed by atoms with Crippen molar-refractivity contribution >= 4 is 5.69 Å². The minimum atomic E-state index is -5.08. The van der Waals surface area contributed by atoms with Crippen LogP contribution in [0.5, 0.6) is 0 Å². The van der Waals surface area contributed by atoms with E-state index in [0.29, 0.717) is 18.2 Å².